The van der Waals surface area contributed by atoms with Crippen LogP contribution in [0.2, 0.25) is 5.02 Å². The van der Waals surface area contributed by atoms with Gasteiger partial charge in [-0.1, -0.05) is 11.6 Å². The number of hydrogen-bond donors (Lipinski definition) is 1. The Morgan fingerprint density at radius 1 is 1.47 bits per heavy atom. The van der Waals surface area contributed by atoms with E-state index in [0.717, 1.165) is 22.6 Å². The maximum absolute atomic E-state index is 6.03. The second kappa shape index (κ2) is 4.79. The zero-order valence-electron chi connectivity index (χ0n) is 10.4. The van der Waals surface area contributed by atoms with E-state index in [4.69, 9.17) is 11.6 Å². The summed E-state index contributed by atoms with van der Waals surface area (Å²) in [5.41, 5.74) is 1.38. The summed E-state index contributed by atoms with van der Waals surface area (Å²) in [5.74, 6) is 0. The minimum Gasteiger partial charge on any atom is -0.366 e. The predicted octanol–water partition coefficient (Wildman–Crippen LogP) is 3.68. The molecule has 1 aliphatic rings. The van der Waals surface area contributed by atoms with Crippen molar-refractivity contribution in [3.8, 4) is 0 Å². The summed E-state index contributed by atoms with van der Waals surface area (Å²) < 4.78 is 0.959. The molecule has 1 saturated heterocycles. The van der Waals surface area contributed by atoms with Gasteiger partial charge in [0.05, 0.1) is 5.02 Å². The van der Waals surface area contributed by atoms with Gasteiger partial charge in [-0.3, -0.25) is 0 Å². The molecule has 0 saturated carbocycles. The fourth-order valence-electron chi connectivity index (χ4n) is 2.18. The average Bonchev–Trinajstić information content (AvgIpc) is 2.26. The molecule has 1 heterocycles. The molecule has 1 aromatic carbocycles. The third-order valence-corrected chi connectivity index (χ3v) is 4.42. The molecule has 2 rings (SSSR count). The first-order chi connectivity index (χ1) is 7.89. The van der Waals surface area contributed by atoms with Crippen LogP contribution in [0.5, 0.6) is 0 Å². The van der Waals surface area contributed by atoms with E-state index in [1.54, 1.807) is 0 Å². The fraction of sp³-hybridized carbons (Fsp3) is 0.538. The molecule has 0 amide bonds. The van der Waals surface area contributed by atoms with Gasteiger partial charge in [0.25, 0.3) is 0 Å². The summed E-state index contributed by atoms with van der Waals surface area (Å²) >= 11 is 9.52. The van der Waals surface area contributed by atoms with Crippen molar-refractivity contribution in [1.82, 2.24) is 5.32 Å². The number of hydrogen-bond acceptors (Lipinski definition) is 2. The smallest absolute Gasteiger partial charge is 0.0549 e. The maximum atomic E-state index is 6.03. The highest BCUT2D eigenvalue weighted by molar-refractivity contribution is 9.10. The quantitative estimate of drug-likeness (QED) is 0.850. The average molecular weight is 318 g/mol. The van der Waals surface area contributed by atoms with Gasteiger partial charge < -0.3 is 10.2 Å². The predicted molar refractivity (Wildman–Crippen MR) is 78.0 cm³/mol. The van der Waals surface area contributed by atoms with Gasteiger partial charge in [0.2, 0.25) is 0 Å². The molecule has 1 N–H and O–H groups in total. The molecule has 4 heteroatoms. The highest BCUT2D eigenvalue weighted by Crippen LogP contribution is 2.30. The van der Waals surface area contributed by atoms with Crippen molar-refractivity contribution >= 4 is 33.2 Å². The normalized spacial score (nSPS) is 23.8. The summed E-state index contributed by atoms with van der Waals surface area (Å²) in [5, 5.41) is 4.31. The Hall–Kier alpha value is -0.250. The van der Waals surface area contributed by atoms with Crippen LogP contribution in [-0.2, 0) is 0 Å². The molecule has 0 bridgehead atoms. The van der Waals surface area contributed by atoms with E-state index in [-0.39, 0.29) is 5.54 Å². The van der Waals surface area contributed by atoms with Gasteiger partial charge >= 0.3 is 0 Å². The van der Waals surface area contributed by atoms with Gasteiger partial charge in [-0.25, -0.2) is 0 Å². The van der Waals surface area contributed by atoms with E-state index in [0.29, 0.717) is 6.04 Å². The molecule has 1 aromatic rings. The van der Waals surface area contributed by atoms with Crippen LogP contribution in [0.3, 0.4) is 0 Å². The van der Waals surface area contributed by atoms with Crippen LogP contribution in [0.15, 0.2) is 22.7 Å². The van der Waals surface area contributed by atoms with Crippen molar-refractivity contribution in [3.63, 3.8) is 0 Å². The Balaban J connectivity index is 2.28. The molecule has 0 spiro atoms. The Labute approximate surface area is 116 Å². The van der Waals surface area contributed by atoms with E-state index < -0.39 is 0 Å². The first-order valence-electron chi connectivity index (χ1n) is 5.86. The Bertz CT molecular complexity index is 420. The summed E-state index contributed by atoms with van der Waals surface area (Å²) in [6.45, 7) is 8.72. The standard InChI is InChI=1S/C13H18BrClN2/c1-9-7-16-13(2,3)8-17(9)10-4-5-12(15)11(14)6-10/h4-6,9,16H,7-8H2,1-3H3. The van der Waals surface area contributed by atoms with Crippen LogP contribution in [0.25, 0.3) is 0 Å². The van der Waals surface area contributed by atoms with Crippen LogP contribution in [0.1, 0.15) is 20.8 Å². The molecule has 1 unspecified atom stereocenters. The third-order valence-electron chi connectivity index (χ3n) is 3.21. The topological polar surface area (TPSA) is 15.3 Å². The number of benzene rings is 1. The van der Waals surface area contributed by atoms with E-state index in [1.165, 1.54) is 5.69 Å². The molecule has 0 aliphatic carbocycles. The lowest BCUT2D eigenvalue weighted by atomic mass is 9.98. The van der Waals surface area contributed by atoms with E-state index >= 15 is 0 Å². The highest BCUT2D eigenvalue weighted by Gasteiger charge is 2.30. The zero-order valence-corrected chi connectivity index (χ0v) is 12.8. The molecule has 2 nitrogen and oxygen atoms in total. The van der Waals surface area contributed by atoms with Gasteiger partial charge in [0.1, 0.15) is 0 Å². The number of nitrogens with zero attached hydrogens (tertiary/aromatic N) is 1. The SMILES string of the molecule is CC1CNC(C)(C)CN1c1ccc(Cl)c(Br)c1. The number of piperazine rings is 1. The molecule has 0 aromatic heterocycles. The fourth-order valence-corrected chi connectivity index (χ4v) is 2.67. The second-order valence-electron chi connectivity index (χ2n) is 5.34. The van der Waals surface area contributed by atoms with Crippen molar-refractivity contribution < 1.29 is 0 Å². The van der Waals surface area contributed by atoms with Crippen molar-refractivity contribution in [2.24, 2.45) is 0 Å². The molecular weight excluding hydrogens is 300 g/mol. The lowest BCUT2D eigenvalue weighted by molar-refractivity contribution is 0.318. The molecule has 17 heavy (non-hydrogen) atoms. The molecular formula is C13H18BrClN2. The third kappa shape index (κ3) is 2.95. The maximum Gasteiger partial charge on any atom is 0.0549 e. The molecule has 1 atom stereocenters. The van der Waals surface area contributed by atoms with Crippen LogP contribution in [0.4, 0.5) is 5.69 Å². The van der Waals surface area contributed by atoms with Crippen LogP contribution in [-0.4, -0.2) is 24.7 Å². The lowest BCUT2D eigenvalue weighted by Gasteiger charge is -2.44. The number of rotatable bonds is 1. The number of nitrogens with one attached hydrogen (secondary N) is 1. The summed E-state index contributed by atoms with van der Waals surface area (Å²) in [6, 6.07) is 6.63. The van der Waals surface area contributed by atoms with E-state index in [1.807, 2.05) is 6.07 Å². The minimum absolute atomic E-state index is 0.151. The summed E-state index contributed by atoms with van der Waals surface area (Å²) in [4.78, 5) is 2.43. The lowest BCUT2D eigenvalue weighted by Crippen LogP contribution is -2.61. The first-order valence-corrected chi connectivity index (χ1v) is 7.03. The number of anilines is 1. The molecule has 0 radical (unpaired) electrons. The summed E-state index contributed by atoms with van der Waals surface area (Å²) in [7, 11) is 0. The first kappa shape index (κ1) is 13.2. The molecule has 1 aliphatic heterocycles. The van der Waals surface area contributed by atoms with Gasteiger partial charge in [-0.05, 0) is 54.9 Å². The van der Waals surface area contributed by atoms with Crippen LogP contribution >= 0.6 is 27.5 Å². The van der Waals surface area contributed by atoms with Crippen LogP contribution in [0, 0.1) is 0 Å². The van der Waals surface area contributed by atoms with E-state index in [2.05, 4.69) is 59.1 Å². The van der Waals surface area contributed by atoms with Crippen molar-refractivity contribution in [2.75, 3.05) is 18.0 Å². The Kier molecular flexibility index (Phi) is 3.71. The van der Waals surface area contributed by atoms with Crippen molar-refractivity contribution in [1.29, 1.82) is 0 Å². The minimum atomic E-state index is 0.151. The molecule has 94 valence electrons. The summed E-state index contributed by atoms with van der Waals surface area (Å²) in [6.07, 6.45) is 0. The van der Waals surface area contributed by atoms with Gasteiger partial charge in [-0.2, -0.15) is 0 Å². The largest absolute Gasteiger partial charge is 0.366 e. The van der Waals surface area contributed by atoms with Gasteiger partial charge in [0, 0.05) is 34.8 Å². The van der Waals surface area contributed by atoms with Gasteiger partial charge in [0.15, 0.2) is 0 Å². The Morgan fingerprint density at radius 3 is 2.82 bits per heavy atom. The van der Waals surface area contributed by atoms with Crippen molar-refractivity contribution in [2.45, 2.75) is 32.4 Å². The Morgan fingerprint density at radius 2 is 2.18 bits per heavy atom. The zero-order chi connectivity index (χ0) is 12.6. The molecule has 1 fully saturated rings. The second-order valence-corrected chi connectivity index (χ2v) is 6.60. The van der Waals surface area contributed by atoms with Crippen LogP contribution < -0.4 is 10.2 Å². The highest BCUT2D eigenvalue weighted by atomic mass is 79.9. The van der Waals surface area contributed by atoms with E-state index in [9.17, 15) is 0 Å². The van der Waals surface area contributed by atoms with Gasteiger partial charge in [-0.15, -0.1) is 0 Å². The number of halogens is 2. The monoisotopic (exact) mass is 316 g/mol. The van der Waals surface area contributed by atoms with Crippen molar-refractivity contribution in [3.05, 3.63) is 27.7 Å².